The lowest BCUT2D eigenvalue weighted by Gasteiger charge is -2.17. The number of halogens is 2. The molecule has 21 heavy (non-hydrogen) atoms. The molecule has 2 nitrogen and oxygen atoms in total. The molecule has 0 aliphatic heterocycles. The van der Waals surface area contributed by atoms with Crippen LogP contribution in [-0.2, 0) is 6.54 Å². The number of rotatable bonds is 6. The number of hydrogen-bond donors (Lipinski definition) is 1. The molecule has 0 atom stereocenters. The van der Waals surface area contributed by atoms with Gasteiger partial charge in [-0.15, -0.1) is 0 Å². The van der Waals surface area contributed by atoms with Gasteiger partial charge in [0.25, 0.3) is 0 Å². The third-order valence-corrected chi connectivity index (χ3v) is 4.77. The molecule has 2 aromatic rings. The maximum Gasteiger partial charge on any atom is 0.102 e. The van der Waals surface area contributed by atoms with Gasteiger partial charge in [-0.25, -0.2) is 4.39 Å². The number of nitrogen functional groups attached to an aromatic ring is 1. The van der Waals surface area contributed by atoms with E-state index in [-0.39, 0.29) is 6.67 Å². The second-order valence-corrected chi connectivity index (χ2v) is 6.82. The van der Waals surface area contributed by atoms with Crippen LogP contribution in [0.5, 0.6) is 0 Å². The largest absolute Gasteiger partial charge is 0.398 e. The van der Waals surface area contributed by atoms with E-state index in [1.807, 2.05) is 42.3 Å². The molecule has 0 heterocycles. The van der Waals surface area contributed by atoms with Gasteiger partial charge in [0.05, 0.1) is 0 Å². The lowest BCUT2D eigenvalue weighted by Crippen LogP contribution is -2.20. The number of nitrogens with zero attached hydrogens (tertiary/aromatic N) is 1. The van der Waals surface area contributed by atoms with Crippen molar-refractivity contribution in [3.63, 3.8) is 0 Å². The average Bonchev–Trinajstić information content (AvgIpc) is 2.44. The van der Waals surface area contributed by atoms with Gasteiger partial charge >= 0.3 is 0 Å². The van der Waals surface area contributed by atoms with E-state index >= 15 is 0 Å². The second kappa shape index (κ2) is 7.82. The monoisotopic (exact) mass is 368 g/mol. The van der Waals surface area contributed by atoms with Crippen molar-refractivity contribution in [2.24, 2.45) is 0 Å². The highest BCUT2D eigenvalue weighted by atomic mass is 79.9. The van der Waals surface area contributed by atoms with Gasteiger partial charge in [0.1, 0.15) is 6.67 Å². The normalized spacial score (nSPS) is 11.0. The molecule has 0 aromatic heterocycles. The van der Waals surface area contributed by atoms with Crippen LogP contribution in [0.1, 0.15) is 5.56 Å². The summed E-state index contributed by atoms with van der Waals surface area (Å²) in [6, 6.07) is 14.1. The summed E-state index contributed by atoms with van der Waals surface area (Å²) in [6.07, 6.45) is 0. The van der Waals surface area contributed by atoms with E-state index in [4.69, 9.17) is 5.73 Å². The van der Waals surface area contributed by atoms with E-state index in [2.05, 4.69) is 28.1 Å². The lowest BCUT2D eigenvalue weighted by atomic mass is 10.2. The van der Waals surface area contributed by atoms with Crippen LogP contribution in [0.15, 0.2) is 56.7 Å². The SMILES string of the molecule is CN(CCF)Cc1ccccc1Sc1ccc(Br)cc1N. The predicted molar refractivity (Wildman–Crippen MR) is 91.4 cm³/mol. The number of benzene rings is 2. The van der Waals surface area contributed by atoms with Gasteiger partial charge < -0.3 is 5.73 Å². The number of hydrogen-bond acceptors (Lipinski definition) is 3. The van der Waals surface area contributed by atoms with Crippen molar-refractivity contribution in [1.82, 2.24) is 4.90 Å². The second-order valence-electron chi connectivity index (χ2n) is 4.82. The Balaban J connectivity index is 2.19. The van der Waals surface area contributed by atoms with Crippen LogP contribution in [0.3, 0.4) is 0 Å². The summed E-state index contributed by atoms with van der Waals surface area (Å²) in [5.41, 5.74) is 7.99. The van der Waals surface area contributed by atoms with E-state index in [1.165, 1.54) is 5.56 Å². The standard InChI is InChI=1S/C16H18BrFN2S/c1-20(9-8-18)11-12-4-2-3-5-15(12)21-16-7-6-13(17)10-14(16)19/h2-7,10H,8-9,11,19H2,1H3. The fourth-order valence-electron chi connectivity index (χ4n) is 1.98. The van der Waals surface area contributed by atoms with Gasteiger partial charge in [-0.3, -0.25) is 4.90 Å². The molecule has 0 unspecified atom stereocenters. The third kappa shape index (κ3) is 4.73. The first-order valence-electron chi connectivity index (χ1n) is 6.65. The summed E-state index contributed by atoms with van der Waals surface area (Å²) in [4.78, 5) is 4.15. The topological polar surface area (TPSA) is 29.3 Å². The molecule has 2 aromatic carbocycles. The minimum absolute atomic E-state index is 0.328. The molecule has 0 amide bonds. The highest BCUT2D eigenvalue weighted by Gasteiger charge is 2.09. The summed E-state index contributed by atoms with van der Waals surface area (Å²) in [6.45, 7) is 0.842. The molecule has 2 N–H and O–H groups in total. The molecule has 5 heteroatoms. The lowest BCUT2D eigenvalue weighted by molar-refractivity contribution is 0.287. The summed E-state index contributed by atoms with van der Waals surface area (Å²) in [5.74, 6) is 0. The Morgan fingerprint density at radius 1 is 1.19 bits per heavy atom. The maximum absolute atomic E-state index is 12.4. The number of anilines is 1. The minimum Gasteiger partial charge on any atom is -0.398 e. The van der Waals surface area contributed by atoms with Crippen LogP contribution in [0.25, 0.3) is 0 Å². The maximum atomic E-state index is 12.4. The van der Waals surface area contributed by atoms with E-state index in [1.54, 1.807) is 11.8 Å². The number of nitrogens with two attached hydrogens (primary N) is 1. The highest BCUT2D eigenvalue weighted by Crippen LogP contribution is 2.35. The molecule has 0 aliphatic rings. The van der Waals surface area contributed by atoms with Crippen LogP contribution in [-0.4, -0.2) is 25.2 Å². The summed E-state index contributed by atoms with van der Waals surface area (Å²) in [7, 11) is 1.93. The van der Waals surface area contributed by atoms with E-state index < -0.39 is 0 Å². The summed E-state index contributed by atoms with van der Waals surface area (Å²) < 4.78 is 13.4. The van der Waals surface area contributed by atoms with Crippen molar-refractivity contribution in [2.45, 2.75) is 16.3 Å². The quantitative estimate of drug-likeness (QED) is 0.756. The van der Waals surface area contributed by atoms with Crippen molar-refractivity contribution < 1.29 is 4.39 Å². The van der Waals surface area contributed by atoms with Crippen LogP contribution in [0, 0.1) is 0 Å². The third-order valence-electron chi connectivity index (χ3n) is 3.07. The van der Waals surface area contributed by atoms with E-state index in [0.717, 1.165) is 26.5 Å². The van der Waals surface area contributed by atoms with Gasteiger partial charge in [0.15, 0.2) is 0 Å². The zero-order chi connectivity index (χ0) is 15.2. The summed E-state index contributed by atoms with van der Waals surface area (Å²) in [5, 5.41) is 0. The van der Waals surface area contributed by atoms with Gasteiger partial charge in [-0.1, -0.05) is 45.9 Å². The Kier molecular flexibility index (Phi) is 6.08. The molecule has 0 saturated heterocycles. The first kappa shape index (κ1) is 16.3. The van der Waals surface area contributed by atoms with Crippen molar-refractivity contribution in [3.05, 3.63) is 52.5 Å². The molecule has 0 spiro atoms. The predicted octanol–water partition coefficient (Wildman–Crippen LogP) is 4.58. The van der Waals surface area contributed by atoms with Gasteiger partial charge in [-0.05, 0) is 36.9 Å². The molecule has 0 saturated carbocycles. The van der Waals surface area contributed by atoms with Crippen LogP contribution in [0.4, 0.5) is 10.1 Å². The Labute approximate surface area is 137 Å². The Morgan fingerprint density at radius 3 is 2.67 bits per heavy atom. The smallest absolute Gasteiger partial charge is 0.102 e. The van der Waals surface area contributed by atoms with Gasteiger partial charge in [0, 0.05) is 33.0 Å². The summed E-state index contributed by atoms with van der Waals surface area (Å²) >= 11 is 5.06. The molecule has 0 fully saturated rings. The average molecular weight is 369 g/mol. The highest BCUT2D eigenvalue weighted by molar-refractivity contribution is 9.10. The van der Waals surface area contributed by atoms with E-state index in [0.29, 0.717) is 6.54 Å². The van der Waals surface area contributed by atoms with Crippen molar-refractivity contribution in [3.8, 4) is 0 Å². The van der Waals surface area contributed by atoms with E-state index in [9.17, 15) is 4.39 Å². The first-order valence-corrected chi connectivity index (χ1v) is 8.26. The minimum atomic E-state index is -0.328. The van der Waals surface area contributed by atoms with Gasteiger partial charge in [0.2, 0.25) is 0 Å². The van der Waals surface area contributed by atoms with Crippen LogP contribution in [0.2, 0.25) is 0 Å². The molecule has 2 rings (SSSR count). The van der Waals surface area contributed by atoms with Gasteiger partial charge in [-0.2, -0.15) is 0 Å². The first-order chi connectivity index (χ1) is 10.1. The van der Waals surface area contributed by atoms with Crippen molar-refractivity contribution in [2.75, 3.05) is 26.0 Å². The van der Waals surface area contributed by atoms with Crippen LogP contribution >= 0.6 is 27.7 Å². The molecule has 112 valence electrons. The Bertz CT molecular complexity index is 607. The number of alkyl halides is 1. The molecular formula is C16H18BrFN2S. The Hall–Kier alpha value is -1.04. The zero-order valence-corrected chi connectivity index (χ0v) is 14.3. The molecular weight excluding hydrogens is 351 g/mol. The Morgan fingerprint density at radius 2 is 1.95 bits per heavy atom. The van der Waals surface area contributed by atoms with Crippen molar-refractivity contribution >= 4 is 33.4 Å². The molecule has 0 radical (unpaired) electrons. The fraction of sp³-hybridized carbons (Fsp3) is 0.250. The molecule has 0 aliphatic carbocycles. The van der Waals surface area contributed by atoms with Crippen molar-refractivity contribution in [1.29, 1.82) is 0 Å². The molecule has 0 bridgehead atoms. The zero-order valence-electron chi connectivity index (χ0n) is 11.9. The van der Waals surface area contributed by atoms with Crippen LogP contribution < -0.4 is 5.73 Å². The fourth-order valence-corrected chi connectivity index (χ4v) is 3.32.